The third kappa shape index (κ3) is 4.04. The maximum atomic E-state index is 13.0. The molecule has 1 unspecified atom stereocenters. The van der Waals surface area contributed by atoms with Crippen LogP contribution in [0.2, 0.25) is 10.0 Å². The molecule has 0 spiro atoms. The van der Waals surface area contributed by atoms with E-state index in [0.717, 1.165) is 25.0 Å². The summed E-state index contributed by atoms with van der Waals surface area (Å²) in [7, 11) is 0. The van der Waals surface area contributed by atoms with Crippen LogP contribution in [0.5, 0.6) is 0 Å². The zero-order valence-electron chi connectivity index (χ0n) is 14.2. The molecule has 3 heterocycles. The first-order valence-electron chi connectivity index (χ1n) is 8.50. The number of aromatic nitrogens is 1. The number of halogens is 2. The third-order valence-electron chi connectivity index (χ3n) is 4.32. The summed E-state index contributed by atoms with van der Waals surface area (Å²) in [5.74, 6) is 0.0351. The number of furan rings is 1. The number of nitrogens with zero attached hydrogens (tertiary/aromatic N) is 2. The topological polar surface area (TPSA) is 55.6 Å². The summed E-state index contributed by atoms with van der Waals surface area (Å²) in [5, 5.41) is 3.53. The fourth-order valence-corrected chi connectivity index (χ4v) is 4.32. The molecule has 3 aromatic rings. The minimum absolute atomic E-state index is 0.00428. The summed E-state index contributed by atoms with van der Waals surface area (Å²) in [4.78, 5) is 19.2. The minimum atomic E-state index is -0.237. The van der Waals surface area contributed by atoms with E-state index in [0.29, 0.717) is 27.4 Å². The van der Waals surface area contributed by atoms with Gasteiger partial charge in [-0.1, -0.05) is 23.2 Å². The lowest BCUT2D eigenvalue weighted by Gasteiger charge is -2.22. The van der Waals surface area contributed by atoms with Gasteiger partial charge < -0.3 is 9.15 Å². The average Bonchev–Trinajstić information content (AvgIpc) is 3.40. The first kappa shape index (κ1) is 18.5. The molecule has 0 aliphatic carbocycles. The molecule has 140 valence electrons. The van der Waals surface area contributed by atoms with Crippen LogP contribution in [-0.2, 0) is 4.74 Å². The van der Waals surface area contributed by atoms with E-state index in [1.807, 2.05) is 11.4 Å². The number of rotatable bonds is 5. The smallest absolute Gasteiger partial charge is 0.295 e. The predicted molar refractivity (Wildman–Crippen MR) is 107 cm³/mol. The van der Waals surface area contributed by atoms with Crippen molar-refractivity contribution in [2.45, 2.75) is 18.9 Å². The highest BCUT2D eigenvalue weighted by Crippen LogP contribution is 2.34. The second kappa shape index (κ2) is 8.02. The van der Waals surface area contributed by atoms with Crippen LogP contribution in [0.1, 0.15) is 23.4 Å². The maximum Gasteiger partial charge on any atom is 0.295 e. The van der Waals surface area contributed by atoms with Crippen molar-refractivity contribution in [3.05, 3.63) is 57.8 Å². The molecule has 0 N–H and O–H groups in total. The zero-order valence-corrected chi connectivity index (χ0v) is 16.6. The molecule has 1 amide bonds. The number of amides is 1. The van der Waals surface area contributed by atoms with Crippen molar-refractivity contribution < 1.29 is 13.9 Å². The molecule has 1 aromatic carbocycles. The van der Waals surface area contributed by atoms with Gasteiger partial charge in [-0.2, -0.15) is 0 Å². The lowest BCUT2D eigenvalue weighted by molar-refractivity contribution is 0.0895. The monoisotopic (exact) mass is 422 g/mol. The number of hydrogen-bond donors (Lipinski definition) is 0. The summed E-state index contributed by atoms with van der Waals surface area (Å²) >= 11 is 13.7. The largest absolute Gasteiger partial charge is 0.459 e. The van der Waals surface area contributed by atoms with Gasteiger partial charge in [0.2, 0.25) is 0 Å². The van der Waals surface area contributed by atoms with E-state index in [1.165, 1.54) is 17.6 Å². The maximum absolute atomic E-state index is 13.0. The Morgan fingerprint density at radius 1 is 1.33 bits per heavy atom. The Labute approximate surface area is 170 Å². The van der Waals surface area contributed by atoms with Crippen molar-refractivity contribution in [1.29, 1.82) is 0 Å². The molecule has 27 heavy (non-hydrogen) atoms. The molecular formula is C19H16Cl2N2O3S. The molecule has 1 atom stereocenters. The molecular weight excluding hydrogens is 407 g/mol. The van der Waals surface area contributed by atoms with Crippen molar-refractivity contribution in [1.82, 2.24) is 4.98 Å². The summed E-state index contributed by atoms with van der Waals surface area (Å²) in [6.45, 7) is 1.15. The van der Waals surface area contributed by atoms with Crippen molar-refractivity contribution in [3.8, 4) is 11.3 Å². The Morgan fingerprint density at radius 3 is 2.93 bits per heavy atom. The molecule has 8 heteroatoms. The summed E-state index contributed by atoms with van der Waals surface area (Å²) in [6, 6.07) is 8.60. The Balaban J connectivity index is 1.65. The average molecular weight is 423 g/mol. The van der Waals surface area contributed by atoms with Gasteiger partial charge in [-0.15, -0.1) is 11.3 Å². The zero-order chi connectivity index (χ0) is 18.8. The van der Waals surface area contributed by atoms with E-state index in [2.05, 4.69) is 4.98 Å². The van der Waals surface area contributed by atoms with Crippen molar-refractivity contribution >= 4 is 45.6 Å². The van der Waals surface area contributed by atoms with Crippen LogP contribution in [-0.4, -0.2) is 30.1 Å². The highest BCUT2D eigenvalue weighted by Gasteiger charge is 2.28. The van der Waals surface area contributed by atoms with Crippen LogP contribution in [0.4, 0.5) is 5.13 Å². The summed E-state index contributed by atoms with van der Waals surface area (Å²) < 4.78 is 11.0. The van der Waals surface area contributed by atoms with Gasteiger partial charge in [0, 0.05) is 22.6 Å². The van der Waals surface area contributed by atoms with Crippen LogP contribution >= 0.6 is 34.5 Å². The first-order valence-corrected chi connectivity index (χ1v) is 10.1. The number of benzene rings is 1. The van der Waals surface area contributed by atoms with Gasteiger partial charge in [0.05, 0.1) is 29.6 Å². The minimum Gasteiger partial charge on any atom is -0.459 e. The summed E-state index contributed by atoms with van der Waals surface area (Å²) in [6.07, 6.45) is 3.40. The highest BCUT2D eigenvalue weighted by molar-refractivity contribution is 7.14. The Bertz CT molecular complexity index is 936. The molecule has 1 aliphatic heterocycles. The van der Waals surface area contributed by atoms with Gasteiger partial charge >= 0.3 is 0 Å². The highest BCUT2D eigenvalue weighted by atomic mass is 35.5. The van der Waals surface area contributed by atoms with Gasteiger partial charge in [0.25, 0.3) is 5.91 Å². The van der Waals surface area contributed by atoms with Gasteiger partial charge in [0.15, 0.2) is 10.9 Å². The second-order valence-electron chi connectivity index (χ2n) is 6.17. The SMILES string of the molecule is O=C(c1ccco1)N(CC1CCCO1)c1nc(-c2ccc(Cl)cc2Cl)cs1. The fourth-order valence-electron chi connectivity index (χ4n) is 2.98. The number of thiazole rings is 1. The van der Waals surface area contributed by atoms with Crippen molar-refractivity contribution in [2.75, 3.05) is 18.1 Å². The third-order valence-corrected chi connectivity index (χ3v) is 5.73. The molecule has 1 aliphatic rings. The van der Waals surface area contributed by atoms with Crippen LogP contribution < -0.4 is 4.90 Å². The lowest BCUT2D eigenvalue weighted by atomic mass is 10.2. The Kier molecular flexibility index (Phi) is 5.50. The molecule has 1 fully saturated rings. The molecule has 0 bridgehead atoms. The van der Waals surface area contributed by atoms with Gasteiger partial charge in [-0.3, -0.25) is 9.69 Å². The van der Waals surface area contributed by atoms with Crippen LogP contribution in [0, 0.1) is 0 Å². The standard InChI is InChI=1S/C19H16Cl2N2O3S/c20-12-5-6-14(15(21)9-12)16-11-27-19(22-16)23(10-13-3-1-7-25-13)18(24)17-4-2-8-26-17/h2,4-6,8-9,11,13H,1,3,7,10H2. The number of ether oxygens (including phenoxy) is 1. The fraction of sp³-hybridized carbons (Fsp3) is 0.263. The first-order chi connectivity index (χ1) is 13.1. The molecule has 5 nitrogen and oxygen atoms in total. The molecule has 2 aromatic heterocycles. The normalized spacial score (nSPS) is 16.6. The Morgan fingerprint density at radius 2 is 2.22 bits per heavy atom. The second-order valence-corrected chi connectivity index (χ2v) is 7.85. The Hall–Kier alpha value is -1.86. The quantitative estimate of drug-likeness (QED) is 0.541. The molecule has 0 radical (unpaired) electrons. The van der Waals surface area contributed by atoms with Crippen molar-refractivity contribution in [3.63, 3.8) is 0 Å². The van der Waals surface area contributed by atoms with E-state index in [9.17, 15) is 4.79 Å². The van der Waals surface area contributed by atoms with Gasteiger partial charge in [-0.25, -0.2) is 4.98 Å². The van der Waals surface area contributed by atoms with Crippen LogP contribution in [0.3, 0.4) is 0 Å². The van der Waals surface area contributed by atoms with E-state index < -0.39 is 0 Å². The van der Waals surface area contributed by atoms with Crippen molar-refractivity contribution in [2.24, 2.45) is 0 Å². The summed E-state index contributed by atoms with van der Waals surface area (Å²) in [5.41, 5.74) is 1.47. The molecule has 0 saturated carbocycles. The van der Waals surface area contributed by atoms with E-state index in [4.69, 9.17) is 32.4 Å². The lowest BCUT2D eigenvalue weighted by Crippen LogP contribution is -2.37. The van der Waals surface area contributed by atoms with E-state index in [-0.39, 0.29) is 17.8 Å². The number of carbonyl (C=O) groups excluding carboxylic acids is 1. The van der Waals surface area contributed by atoms with Crippen LogP contribution in [0.15, 0.2) is 46.4 Å². The molecule has 1 saturated heterocycles. The van der Waals surface area contributed by atoms with E-state index in [1.54, 1.807) is 29.2 Å². The van der Waals surface area contributed by atoms with Gasteiger partial charge in [0.1, 0.15) is 0 Å². The van der Waals surface area contributed by atoms with Gasteiger partial charge in [-0.05, 0) is 43.2 Å². The number of hydrogen-bond acceptors (Lipinski definition) is 5. The molecule has 4 rings (SSSR count). The number of carbonyl (C=O) groups is 1. The number of anilines is 1. The predicted octanol–water partition coefficient (Wildman–Crippen LogP) is 5.54. The van der Waals surface area contributed by atoms with E-state index >= 15 is 0 Å². The van der Waals surface area contributed by atoms with Crippen LogP contribution in [0.25, 0.3) is 11.3 Å².